The van der Waals surface area contributed by atoms with Crippen LogP contribution in [0.5, 0.6) is 0 Å². The number of benzene rings is 2. The fraction of sp³-hybridized carbons (Fsp3) is 0.364. The molecule has 0 spiro atoms. The molecule has 0 unspecified atom stereocenters. The first-order chi connectivity index (χ1) is 13.5. The highest BCUT2D eigenvalue weighted by Gasteiger charge is 2.19. The van der Waals surface area contributed by atoms with Crippen molar-refractivity contribution in [1.82, 2.24) is 4.90 Å². The van der Waals surface area contributed by atoms with Crippen LogP contribution in [0.2, 0.25) is 0 Å². The normalized spacial score (nSPS) is 17.9. The third kappa shape index (κ3) is 4.29. The largest absolute Gasteiger partial charge is 0.369 e. The van der Waals surface area contributed by atoms with Crippen LogP contribution in [0.15, 0.2) is 59.5 Å². The zero-order valence-electron chi connectivity index (χ0n) is 16.0. The number of aryl methyl sites for hydroxylation is 1. The summed E-state index contributed by atoms with van der Waals surface area (Å²) in [7, 11) is -3.63. The summed E-state index contributed by atoms with van der Waals surface area (Å²) >= 11 is 0. The van der Waals surface area contributed by atoms with Crippen molar-refractivity contribution in [3.63, 3.8) is 0 Å². The molecule has 0 atom stereocenters. The van der Waals surface area contributed by atoms with Gasteiger partial charge in [-0.2, -0.15) is 0 Å². The summed E-state index contributed by atoms with van der Waals surface area (Å²) < 4.78 is 22.8. The highest BCUT2D eigenvalue weighted by Crippen LogP contribution is 2.29. The third-order valence-electron chi connectivity index (χ3n) is 5.77. The average molecular weight is 398 g/mol. The number of fused-ring (bicyclic) bond motifs is 1. The molecule has 2 aromatic carbocycles. The summed E-state index contributed by atoms with van der Waals surface area (Å²) in [5.74, 6) is 0. The van der Waals surface area contributed by atoms with E-state index in [-0.39, 0.29) is 4.90 Å². The molecule has 1 fully saturated rings. The minimum Gasteiger partial charge on any atom is -0.369 e. The zero-order valence-corrected chi connectivity index (χ0v) is 16.9. The number of allylic oxidation sites excluding steroid dienone is 1. The molecule has 4 rings (SSSR count). The van der Waals surface area contributed by atoms with E-state index in [1.54, 1.807) is 12.1 Å². The van der Waals surface area contributed by atoms with Crippen molar-refractivity contribution >= 4 is 21.3 Å². The van der Waals surface area contributed by atoms with Gasteiger partial charge in [-0.1, -0.05) is 30.3 Å². The number of sulfonamides is 1. The van der Waals surface area contributed by atoms with E-state index in [0.29, 0.717) is 0 Å². The number of rotatable bonds is 5. The summed E-state index contributed by atoms with van der Waals surface area (Å²) in [5, 5.41) is 5.18. The van der Waals surface area contributed by atoms with Gasteiger partial charge < -0.3 is 4.90 Å². The smallest absolute Gasteiger partial charge is 0.238 e. The minimum absolute atomic E-state index is 0.163. The van der Waals surface area contributed by atoms with Gasteiger partial charge >= 0.3 is 0 Å². The van der Waals surface area contributed by atoms with Crippen LogP contribution >= 0.6 is 0 Å². The van der Waals surface area contributed by atoms with E-state index in [2.05, 4.69) is 40.1 Å². The van der Waals surface area contributed by atoms with E-state index in [0.717, 1.165) is 57.7 Å². The van der Waals surface area contributed by atoms with Crippen LogP contribution in [0, 0.1) is 0 Å². The van der Waals surface area contributed by atoms with Gasteiger partial charge in [0, 0.05) is 38.4 Å². The molecule has 2 aromatic rings. The summed E-state index contributed by atoms with van der Waals surface area (Å²) in [5.41, 5.74) is 5.45. The van der Waals surface area contributed by atoms with Crippen LogP contribution in [-0.4, -0.2) is 46.0 Å². The van der Waals surface area contributed by atoms with Gasteiger partial charge in [-0.05, 0) is 60.2 Å². The maximum atomic E-state index is 11.4. The summed E-state index contributed by atoms with van der Waals surface area (Å²) in [6.45, 7) is 5.02. The molecule has 0 saturated carbocycles. The van der Waals surface area contributed by atoms with Crippen LogP contribution in [-0.2, 0) is 16.4 Å². The highest BCUT2D eigenvalue weighted by atomic mass is 32.2. The molecule has 0 radical (unpaired) electrons. The van der Waals surface area contributed by atoms with Gasteiger partial charge in [0.25, 0.3) is 0 Å². The maximum absolute atomic E-state index is 11.4. The fourth-order valence-electron chi connectivity index (χ4n) is 4.16. The lowest BCUT2D eigenvalue weighted by Gasteiger charge is -2.36. The highest BCUT2D eigenvalue weighted by molar-refractivity contribution is 7.89. The minimum atomic E-state index is -3.63. The molecule has 6 heteroatoms. The van der Waals surface area contributed by atoms with Gasteiger partial charge in [0.1, 0.15) is 0 Å². The molecule has 2 aliphatic rings. The standard InChI is InChI=1S/C22H27N3O2S/c23-28(26,27)21-10-8-20(9-11-21)25-16-14-24(15-17-25)13-12-19-6-3-5-18-4-1-2-7-22(18)19/h1-2,4,6-11H,3,5,12-17H2,(H2,23,26,27). The first-order valence-corrected chi connectivity index (χ1v) is 11.4. The van der Waals surface area contributed by atoms with Crippen LogP contribution in [0.25, 0.3) is 5.57 Å². The summed E-state index contributed by atoms with van der Waals surface area (Å²) in [4.78, 5) is 4.99. The van der Waals surface area contributed by atoms with Gasteiger partial charge in [0.15, 0.2) is 0 Å². The first-order valence-electron chi connectivity index (χ1n) is 9.88. The van der Waals surface area contributed by atoms with Gasteiger partial charge in [-0.25, -0.2) is 13.6 Å². The average Bonchev–Trinajstić information content (AvgIpc) is 2.72. The Morgan fingerprint density at radius 2 is 1.64 bits per heavy atom. The summed E-state index contributed by atoms with van der Waals surface area (Å²) in [6.07, 6.45) is 5.81. The van der Waals surface area contributed by atoms with E-state index in [1.165, 1.54) is 16.7 Å². The number of hydrogen-bond acceptors (Lipinski definition) is 4. The lowest BCUT2D eigenvalue weighted by atomic mass is 9.89. The van der Waals surface area contributed by atoms with Crippen molar-refractivity contribution < 1.29 is 8.42 Å². The Morgan fingerprint density at radius 3 is 2.36 bits per heavy atom. The third-order valence-corrected chi connectivity index (χ3v) is 6.70. The number of nitrogens with zero attached hydrogens (tertiary/aromatic N) is 2. The van der Waals surface area contributed by atoms with Crippen LogP contribution in [0.1, 0.15) is 24.0 Å². The Balaban J connectivity index is 1.31. The lowest BCUT2D eigenvalue weighted by molar-refractivity contribution is 0.264. The molecule has 0 amide bonds. The molecule has 1 saturated heterocycles. The molecule has 5 nitrogen and oxygen atoms in total. The zero-order chi connectivity index (χ0) is 19.6. The van der Waals surface area contributed by atoms with Crippen molar-refractivity contribution in [2.75, 3.05) is 37.6 Å². The van der Waals surface area contributed by atoms with Crippen molar-refractivity contribution in [3.05, 3.63) is 65.7 Å². The Kier molecular flexibility index (Phi) is 5.53. The number of piperazine rings is 1. The first kappa shape index (κ1) is 19.2. The molecule has 0 bridgehead atoms. The predicted molar refractivity (Wildman–Crippen MR) is 114 cm³/mol. The topological polar surface area (TPSA) is 66.6 Å². The maximum Gasteiger partial charge on any atom is 0.238 e. The molecular weight excluding hydrogens is 370 g/mol. The molecule has 1 aliphatic heterocycles. The van der Waals surface area contributed by atoms with E-state index >= 15 is 0 Å². The van der Waals surface area contributed by atoms with Crippen molar-refractivity contribution in [3.8, 4) is 0 Å². The second-order valence-electron chi connectivity index (χ2n) is 7.54. The Hall–Kier alpha value is -2.15. The van der Waals surface area contributed by atoms with Crippen LogP contribution < -0.4 is 10.0 Å². The molecule has 0 aromatic heterocycles. The van der Waals surface area contributed by atoms with Crippen molar-refractivity contribution in [1.29, 1.82) is 0 Å². The van der Waals surface area contributed by atoms with Crippen LogP contribution in [0.3, 0.4) is 0 Å². The van der Waals surface area contributed by atoms with Gasteiger partial charge in [-0.3, -0.25) is 4.90 Å². The van der Waals surface area contributed by atoms with E-state index in [1.807, 2.05) is 12.1 Å². The molecular formula is C22H27N3O2S. The Morgan fingerprint density at radius 1 is 0.929 bits per heavy atom. The quantitative estimate of drug-likeness (QED) is 0.842. The molecule has 1 heterocycles. The Bertz CT molecular complexity index is 960. The van der Waals surface area contributed by atoms with Gasteiger partial charge in [0.2, 0.25) is 10.0 Å². The monoisotopic (exact) mass is 397 g/mol. The second kappa shape index (κ2) is 8.07. The summed E-state index contributed by atoms with van der Waals surface area (Å²) in [6, 6.07) is 15.6. The van der Waals surface area contributed by atoms with E-state index < -0.39 is 10.0 Å². The predicted octanol–water partition coefficient (Wildman–Crippen LogP) is 2.88. The second-order valence-corrected chi connectivity index (χ2v) is 9.10. The molecule has 28 heavy (non-hydrogen) atoms. The van der Waals surface area contributed by atoms with E-state index in [9.17, 15) is 8.42 Å². The van der Waals surface area contributed by atoms with Crippen molar-refractivity contribution in [2.45, 2.75) is 24.2 Å². The van der Waals surface area contributed by atoms with Crippen molar-refractivity contribution in [2.24, 2.45) is 5.14 Å². The molecule has 1 aliphatic carbocycles. The van der Waals surface area contributed by atoms with Crippen LogP contribution in [0.4, 0.5) is 5.69 Å². The van der Waals surface area contributed by atoms with Gasteiger partial charge in [0.05, 0.1) is 4.90 Å². The van der Waals surface area contributed by atoms with Gasteiger partial charge in [-0.15, -0.1) is 0 Å². The molecule has 148 valence electrons. The van der Waals surface area contributed by atoms with E-state index in [4.69, 9.17) is 5.14 Å². The number of hydrogen-bond donors (Lipinski definition) is 1. The molecule has 2 N–H and O–H groups in total. The Labute approximate surface area is 167 Å². The SMILES string of the molecule is NS(=O)(=O)c1ccc(N2CCN(CCC3=CCCc4ccccc43)CC2)cc1. The number of nitrogens with two attached hydrogens (primary N) is 1. The number of anilines is 1. The lowest BCUT2D eigenvalue weighted by Crippen LogP contribution is -2.46. The fourth-order valence-corrected chi connectivity index (χ4v) is 4.67. The number of primary sulfonamides is 1.